The van der Waals surface area contributed by atoms with Gasteiger partial charge in [0.2, 0.25) is 0 Å². The summed E-state index contributed by atoms with van der Waals surface area (Å²) in [5, 5.41) is 28.0. The number of phenols is 1. The fraction of sp³-hybridized carbons (Fsp3) is 0.364. The zero-order valence-corrected chi connectivity index (χ0v) is 16.0. The van der Waals surface area contributed by atoms with Crippen LogP contribution in [-0.4, -0.2) is 35.0 Å². The lowest BCUT2D eigenvalue weighted by Gasteiger charge is -2.38. The molecule has 0 amide bonds. The van der Waals surface area contributed by atoms with Gasteiger partial charge in [-0.05, 0) is 53.3 Å². The van der Waals surface area contributed by atoms with Crippen LogP contribution in [0, 0.1) is 11.3 Å². The molecule has 0 radical (unpaired) electrons. The first kappa shape index (κ1) is 19.0. The molecule has 5 nitrogen and oxygen atoms in total. The number of phenolic OH excluding ortho intramolecular Hbond substituents is 1. The van der Waals surface area contributed by atoms with Crippen molar-refractivity contribution in [1.29, 1.82) is 5.41 Å². The van der Waals surface area contributed by atoms with E-state index in [9.17, 15) is 9.90 Å². The van der Waals surface area contributed by atoms with Crippen LogP contribution in [0.4, 0.5) is 5.69 Å². The van der Waals surface area contributed by atoms with E-state index < -0.39 is 5.97 Å². The fourth-order valence-corrected chi connectivity index (χ4v) is 3.42. The van der Waals surface area contributed by atoms with E-state index in [4.69, 9.17) is 10.5 Å². The average Bonchev–Trinajstić information content (AvgIpc) is 2.59. The minimum atomic E-state index is -0.754. The Hall–Kier alpha value is -2.82. The van der Waals surface area contributed by atoms with E-state index in [2.05, 4.69) is 19.9 Å². The number of anilines is 1. The number of aliphatic carboxylic acids is 1. The molecule has 2 aromatic rings. The highest BCUT2D eigenvalue weighted by molar-refractivity contribution is 6.06. The molecule has 0 aromatic heterocycles. The van der Waals surface area contributed by atoms with Crippen LogP contribution in [0.2, 0.25) is 0 Å². The molecule has 0 aliphatic carbocycles. The standard InChI is InChI=1S/C22H26N2O3/c1-4-19(23)21-18(9-15(13(2)3)10-20(21)25)14-6-5-7-17(8-14)24-11-16(12-24)22(26)27/h5-10,13,16,23,25H,4,11-12H2,1-3H3,(H,26,27). The zero-order chi connectivity index (χ0) is 19.7. The van der Waals surface area contributed by atoms with Crippen molar-refractivity contribution in [3.8, 4) is 16.9 Å². The third-order valence-corrected chi connectivity index (χ3v) is 5.21. The molecule has 1 saturated heterocycles. The second-order valence-electron chi connectivity index (χ2n) is 7.44. The fourth-order valence-electron chi connectivity index (χ4n) is 3.42. The first-order chi connectivity index (χ1) is 12.8. The number of benzene rings is 2. The van der Waals surface area contributed by atoms with Crippen LogP contribution >= 0.6 is 0 Å². The predicted molar refractivity (Wildman–Crippen MR) is 108 cm³/mol. The van der Waals surface area contributed by atoms with Gasteiger partial charge in [0.1, 0.15) is 5.75 Å². The van der Waals surface area contributed by atoms with Crippen molar-refractivity contribution in [1.82, 2.24) is 0 Å². The molecule has 3 rings (SSSR count). The minimum Gasteiger partial charge on any atom is -0.507 e. The molecule has 2 aromatic carbocycles. The van der Waals surface area contributed by atoms with Gasteiger partial charge in [-0.25, -0.2) is 0 Å². The zero-order valence-electron chi connectivity index (χ0n) is 16.0. The van der Waals surface area contributed by atoms with Crippen molar-refractivity contribution in [2.45, 2.75) is 33.1 Å². The Morgan fingerprint density at radius 1 is 1.26 bits per heavy atom. The van der Waals surface area contributed by atoms with Gasteiger partial charge in [0.05, 0.1) is 5.92 Å². The topological polar surface area (TPSA) is 84.6 Å². The lowest BCUT2D eigenvalue weighted by atomic mass is 9.89. The Kier molecular flexibility index (Phi) is 5.22. The van der Waals surface area contributed by atoms with E-state index in [0.29, 0.717) is 30.8 Å². The van der Waals surface area contributed by atoms with Gasteiger partial charge in [-0.3, -0.25) is 4.79 Å². The normalized spacial score (nSPS) is 14.3. The molecule has 1 heterocycles. The van der Waals surface area contributed by atoms with Gasteiger partial charge in [-0.15, -0.1) is 0 Å². The number of carboxylic acids is 1. The first-order valence-electron chi connectivity index (χ1n) is 9.34. The summed E-state index contributed by atoms with van der Waals surface area (Å²) in [6.07, 6.45) is 0.535. The lowest BCUT2D eigenvalue weighted by Crippen LogP contribution is -2.50. The summed E-state index contributed by atoms with van der Waals surface area (Å²) in [6, 6.07) is 11.7. The van der Waals surface area contributed by atoms with Crippen LogP contribution in [0.3, 0.4) is 0 Å². The summed E-state index contributed by atoms with van der Waals surface area (Å²) in [5.41, 5.74) is 4.74. The Morgan fingerprint density at radius 3 is 2.56 bits per heavy atom. The van der Waals surface area contributed by atoms with E-state index in [1.807, 2.05) is 36.1 Å². The number of hydrogen-bond acceptors (Lipinski definition) is 4. The van der Waals surface area contributed by atoms with Gasteiger partial charge in [-0.2, -0.15) is 0 Å². The maximum absolute atomic E-state index is 11.1. The van der Waals surface area contributed by atoms with Crippen molar-refractivity contribution < 1.29 is 15.0 Å². The summed E-state index contributed by atoms with van der Waals surface area (Å²) < 4.78 is 0. The Bertz CT molecular complexity index is 883. The molecular formula is C22H26N2O3. The second kappa shape index (κ2) is 7.43. The molecule has 27 heavy (non-hydrogen) atoms. The summed E-state index contributed by atoms with van der Waals surface area (Å²) in [7, 11) is 0. The van der Waals surface area contributed by atoms with Crippen molar-refractivity contribution in [3.63, 3.8) is 0 Å². The smallest absolute Gasteiger partial charge is 0.310 e. The Labute approximate surface area is 159 Å². The molecule has 0 unspecified atom stereocenters. The monoisotopic (exact) mass is 366 g/mol. The van der Waals surface area contributed by atoms with Gasteiger partial charge >= 0.3 is 5.97 Å². The Balaban J connectivity index is 2.04. The Morgan fingerprint density at radius 2 is 1.96 bits per heavy atom. The van der Waals surface area contributed by atoms with E-state index in [1.54, 1.807) is 6.07 Å². The number of hydrogen-bond donors (Lipinski definition) is 3. The number of carbonyl (C=O) groups is 1. The molecule has 0 spiro atoms. The van der Waals surface area contributed by atoms with Gasteiger partial charge < -0.3 is 20.5 Å². The number of rotatable bonds is 6. The maximum atomic E-state index is 11.1. The molecule has 0 saturated carbocycles. The van der Waals surface area contributed by atoms with Gasteiger partial charge in [-0.1, -0.05) is 32.9 Å². The third kappa shape index (κ3) is 3.68. The van der Waals surface area contributed by atoms with Crippen molar-refractivity contribution >= 4 is 17.4 Å². The number of nitrogens with one attached hydrogen (secondary N) is 1. The predicted octanol–water partition coefficient (Wildman–Crippen LogP) is 4.48. The molecule has 1 fully saturated rings. The second-order valence-corrected chi connectivity index (χ2v) is 7.44. The molecule has 0 atom stereocenters. The maximum Gasteiger partial charge on any atom is 0.310 e. The third-order valence-electron chi connectivity index (χ3n) is 5.21. The van der Waals surface area contributed by atoms with Crippen LogP contribution in [0.15, 0.2) is 36.4 Å². The van der Waals surface area contributed by atoms with Crippen molar-refractivity contribution in [3.05, 3.63) is 47.5 Å². The molecule has 0 bridgehead atoms. The highest BCUT2D eigenvalue weighted by atomic mass is 16.4. The van der Waals surface area contributed by atoms with Crippen LogP contribution in [0.25, 0.3) is 11.1 Å². The van der Waals surface area contributed by atoms with Crippen LogP contribution < -0.4 is 4.90 Å². The quantitative estimate of drug-likeness (QED) is 0.658. The lowest BCUT2D eigenvalue weighted by molar-refractivity contribution is -0.142. The van der Waals surface area contributed by atoms with Crippen molar-refractivity contribution in [2.75, 3.05) is 18.0 Å². The summed E-state index contributed by atoms with van der Waals surface area (Å²) in [5.74, 6) is -0.667. The van der Waals surface area contributed by atoms with E-state index in [-0.39, 0.29) is 17.6 Å². The van der Waals surface area contributed by atoms with Gasteiger partial charge in [0.25, 0.3) is 0 Å². The van der Waals surface area contributed by atoms with Gasteiger partial charge in [0.15, 0.2) is 0 Å². The summed E-state index contributed by atoms with van der Waals surface area (Å²) >= 11 is 0. The van der Waals surface area contributed by atoms with Crippen LogP contribution in [-0.2, 0) is 4.79 Å². The highest BCUT2D eigenvalue weighted by Crippen LogP contribution is 2.37. The molecule has 142 valence electrons. The van der Waals surface area contributed by atoms with Crippen molar-refractivity contribution in [2.24, 2.45) is 5.92 Å². The van der Waals surface area contributed by atoms with Crippen LogP contribution in [0.5, 0.6) is 5.75 Å². The highest BCUT2D eigenvalue weighted by Gasteiger charge is 2.32. The average molecular weight is 366 g/mol. The van der Waals surface area contributed by atoms with E-state index in [0.717, 1.165) is 22.4 Å². The summed E-state index contributed by atoms with van der Waals surface area (Å²) in [6.45, 7) is 7.07. The minimum absolute atomic E-state index is 0.142. The molecule has 1 aliphatic rings. The number of carboxylic acid groups (broad SMARTS) is 1. The first-order valence-corrected chi connectivity index (χ1v) is 9.34. The molecular weight excluding hydrogens is 340 g/mol. The SMILES string of the molecule is CCC(=N)c1c(O)cc(C(C)C)cc1-c1cccc(N2CC(C(=O)O)C2)c1. The van der Waals surface area contributed by atoms with E-state index in [1.165, 1.54) is 0 Å². The largest absolute Gasteiger partial charge is 0.507 e. The number of nitrogens with zero attached hydrogens (tertiary/aromatic N) is 1. The molecule has 5 heteroatoms. The number of aromatic hydroxyl groups is 1. The molecule has 3 N–H and O–H groups in total. The van der Waals surface area contributed by atoms with Crippen LogP contribution in [0.1, 0.15) is 44.2 Å². The van der Waals surface area contributed by atoms with E-state index >= 15 is 0 Å². The summed E-state index contributed by atoms with van der Waals surface area (Å²) in [4.78, 5) is 13.1. The van der Waals surface area contributed by atoms with Gasteiger partial charge in [0, 0.05) is 30.1 Å². The molecule has 1 aliphatic heterocycles.